The van der Waals surface area contributed by atoms with Gasteiger partial charge in [0.1, 0.15) is 0 Å². The molecule has 0 spiro atoms. The van der Waals surface area contributed by atoms with Crippen molar-refractivity contribution in [2.75, 3.05) is 26.8 Å². The monoisotopic (exact) mass is 281 g/mol. The first-order chi connectivity index (χ1) is 9.58. The van der Waals surface area contributed by atoms with E-state index in [1.165, 1.54) is 5.69 Å². The summed E-state index contributed by atoms with van der Waals surface area (Å²) in [5.41, 5.74) is 1.21. The van der Waals surface area contributed by atoms with Crippen LogP contribution in [0.1, 0.15) is 45.9 Å². The average Bonchev–Trinajstić information content (AvgIpc) is 2.89. The molecule has 1 heterocycles. The van der Waals surface area contributed by atoms with Gasteiger partial charge in [0, 0.05) is 25.9 Å². The largest absolute Gasteiger partial charge is 0.383 e. The fraction of sp³-hybridized carbons (Fsp3) is 0.812. The Bertz CT molecular complexity index is 362. The Hall–Kier alpha value is -0.870. The van der Waals surface area contributed by atoms with Crippen molar-refractivity contribution in [1.29, 1.82) is 0 Å². The van der Waals surface area contributed by atoms with E-state index in [0.717, 1.165) is 32.5 Å². The van der Waals surface area contributed by atoms with E-state index in [9.17, 15) is 0 Å². The maximum absolute atomic E-state index is 5.07. The molecule has 0 fully saturated rings. The van der Waals surface area contributed by atoms with Crippen molar-refractivity contribution in [3.05, 3.63) is 18.0 Å². The third kappa shape index (κ3) is 5.63. The molecule has 0 saturated carbocycles. The minimum absolute atomic E-state index is 0.487. The van der Waals surface area contributed by atoms with Crippen molar-refractivity contribution in [2.45, 2.75) is 46.6 Å². The summed E-state index contributed by atoms with van der Waals surface area (Å²) >= 11 is 0. The number of nitrogens with one attached hydrogen (secondary N) is 1. The molecule has 116 valence electrons. The van der Waals surface area contributed by atoms with E-state index in [-0.39, 0.29) is 0 Å². The molecule has 2 atom stereocenters. The zero-order valence-corrected chi connectivity index (χ0v) is 13.7. The van der Waals surface area contributed by atoms with E-state index < -0.39 is 0 Å². The van der Waals surface area contributed by atoms with Gasteiger partial charge in [0.25, 0.3) is 0 Å². The molecule has 20 heavy (non-hydrogen) atoms. The Balaban J connectivity index is 2.50. The lowest BCUT2D eigenvalue weighted by atomic mass is 9.91. The Kier molecular flexibility index (Phi) is 7.85. The number of ether oxygens (including phenoxy) is 1. The van der Waals surface area contributed by atoms with Gasteiger partial charge in [-0.2, -0.15) is 5.10 Å². The zero-order valence-electron chi connectivity index (χ0n) is 13.7. The third-order valence-electron chi connectivity index (χ3n) is 4.01. The standard InChI is InChI=1S/C16H31N3O/c1-6-14(4)19-9-7-16(18-19)11-15(13(2)3)12-17-8-10-20-5/h7,9,13-15,17H,6,8,10-12H2,1-5H3. The molecule has 1 aromatic heterocycles. The van der Waals surface area contributed by atoms with Gasteiger partial charge in [0.05, 0.1) is 12.3 Å². The van der Waals surface area contributed by atoms with Gasteiger partial charge in [0.2, 0.25) is 0 Å². The van der Waals surface area contributed by atoms with Crippen LogP contribution in [0.4, 0.5) is 0 Å². The molecular weight excluding hydrogens is 250 g/mol. The van der Waals surface area contributed by atoms with Crippen LogP contribution in [0.25, 0.3) is 0 Å². The van der Waals surface area contributed by atoms with Gasteiger partial charge in [0.15, 0.2) is 0 Å². The van der Waals surface area contributed by atoms with Gasteiger partial charge in [-0.15, -0.1) is 0 Å². The number of methoxy groups -OCH3 is 1. The summed E-state index contributed by atoms with van der Waals surface area (Å²) in [7, 11) is 1.74. The summed E-state index contributed by atoms with van der Waals surface area (Å²) in [5, 5.41) is 8.18. The lowest BCUT2D eigenvalue weighted by Gasteiger charge is -2.20. The number of rotatable bonds is 10. The summed E-state index contributed by atoms with van der Waals surface area (Å²) in [6.45, 7) is 11.7. The number of hydrogen-bond donors (Lipinski definition) is 1. The second-order valence-corrected chi connectivity index (χ2v) is 5.95. The number of aromatic nitrogens is 2. The molecule has 0 aliphatic heterocycles. The molecule has 0 aliphatic carbocycles. The second kappa shape index (κ2) is 9.14. The van der Waals surface area contributed by atoms with Gasteiger partial charge in [-0.3, -0.25) is 4.68 Å². The third-order valence-corrected chi connectivity index (χ3v) is 4.01. The van der Waals surface area contributed by atoms with Gasteiger partial charge in [-0.25, -0.2) is 0 Å². The van der Waals surface area contributed by atoms with Crippen LogP contribution in [0.3, 0.4) is 0 Å². The molecule has 2 unspecified atom stereocenters. The second-order valence-electron chi connectivity index (χ2n) is 5.95. The molecule has 4 heteroatoms. The molecule has 0 amide bonds. The van der Waals surface area contributed by atoms with Crippen LogP contribution in [-0.2, 0) is 11.2 Å². The first-order valence-corrected chi connectivity index (χ1v) is 7.82. The highest BCUT2D eigenvalue weighted by Crippen LogP contribution is 2.17. The van der Waals surface area contributed by atoms with E-state index in [4.69, 9.17) is 9.84 Å². The quantitative estimate of drug-likeness (QED) is 0.670. The van der Waals surface area contributed by atoms with Gasteiger partial charge in [-0.05, 0) is 44.2 Å². The van der Waals surface area contributed by atoms with E-state index in [1.54, 1.807) is 7.11 Å². The fourth-order valence-corrected chi connectivity index (χ4v) is 2.19. The van der Waals surface area contributed by atoms with Crippen LogP contribution < -0.4 is 5.32 Å². The lowest BCUT2D eigenvalue weighted by molar-refractivity contribution is 0.196. The number of hydrogen-bond acceptors (Lipinski definition) is 3. The van der Waals surface area contributed by atoms with E-state index in [2.05, 4.69) is 50.0 Å². The smallest absolute Gasteiger partial charge is 0.0628 e. The molecule has 1 rings (SSSR count). The fourth-order valence-electron chi connectivity index (χ4n) is 2.19. The minimum Gasteiger partial charge on any atom is -0.383 e. The molecule has 1 N–H and O–H groups in total. The molecule has 0 aromatic carbocycles. The number of nitrogens with zero attached hydrogens (tertiary/aromatic N) is 2. The summed E-state index contributed by atoms with van der Waals surface area (Å²) in [4.78, 5) is 0. The normalized spacial score (nSPS) is 14.7. The highest BCUT2D eigenvalue weighted by molar-refractivity contribution is 5.01. The predicted molar refractivity (Wildman–Crippen MR) is 84.0 cm³/mol. The van der Waals surface area contributed by atoms with Crippen molar-refractivity contribution in [3.63, 3.8) is 0 Å². The van der Waals surface area contributed by atoms with Crippen molar-refractivity contribution in [3.8, 4) is 0 Å². The van der Waals surface area contributed by atoms with E-state index in [1.807, 2.05) is 0 Å². The maximum atomic E-state index is 5.07. The first-order valence-electron chi connectivity index (χ1n) is 7.82. The van der Waals surface area contributed by atoms with E-state index in [0.29, 0.717) is 17.9 Å². The molecule has 0 bridgehead atoms. The molecular formula is C16H31N3O. The van der Waals surface area contributed by atoms with Gasteiger partial charge in [-0.1, -0.05) is 20.8 Å². The van der Waals surface area contributed by atoms with Crippen LogP contribution in [0.15, 0.2) is 12.3 Å². The van der Waals surface area contributed by atoms with Crippen LogP contribution in [0.2, 0.25) is 0 Å². The van der Waals surface area contributed by atoms with Gasteiger partial charge < -0.3 is 10.1 Å². The summed E-state index contributed by atoms with van der Waals surface area (Å²) < 4.78 is 7.15. The van der Waals surface area contributed by atoms with Crippen LogP contribution in [0.5, 0.6) is 0 Å². The first kappa shape index (κ1) is 17.2. The molecule has 4 nitrogen and oxygen atoms in total. The van der Waals surface area contributed by atoms with Crippen molar-refractivity contribution >= 4 is 0 Å². The van der Waals surface area contributed by atoms with Crippen molar-refractivity contribution in [1.82, 2.24) is 15.1 Å². The van der Waals surface area contributed by atoms with Crippen LogP contribution in [0, 0.1) is 11.8 Å². The predicted octanol–water partition coefficient (Wildman–Crippen LogP) is 2.90. The SMILES string of the molecule is CCC(C)n1ccc(CC(CNCCOC)C(C)C)n1. The Morgan fingerprint density at radius 1 is 1.35 bits per heavy atom. The molecule has 0 saturated heterocycles. The zero-order chi connectivity index (χ0) is 15.0. The highest BCUT2D eigenvalue weighted by atomic mass is 16.5. The molecule has 0 aliphatic rings. The van der Waals surface area contributed by atoms with E-state index >= 15 is 0 Å². The topological polar surface area (TPSA) is 39.1 Å². The summed E-state index contributed by atoms with van der Waals surface area (Å²) in [6.07, 6.45) is 4.27. The minimum atomic E-state index is 0.487. The summed E-state index contributed by atoms with van der Waals surface area (Å²) in [5.74, 6) is 1.27. The van der Waals surface area contributed by atoms with Crippen LogP contribution in [-0.4, -0.2) is 36.6 Å². The Morgan fingerprint density at radius 3 is 2.70 bits per heavy atom. The highest BCUT2D eigenvalue weighted by Gasteiger charge is 2.15. The summed E-state index contributed by atoms with van der Waals surface area (Å²) in [6, 6.07) is 2.65. The maximum Gasteiger partial charge on any atom is 0.0628 e. The Labute approximate surface area is 123 Å². The lowest BCUT2D eigenvalue weighted by Crippen LogP contribution is -2.30. The molecule has 0 radical (unpaired) electrons. The van der Waals surface area contributed by atoms with Gasteiger partial charge >= 0.3 is 0 Å². The van der Waals surface area contributed by atoms with Crippen molar-refractivity contribution in [2.24, 2.45) is 11.8 Å². The average molecular weight is 281 g/mol. The Morgan fingerprint density at radius 2 is 2.10 bits per heavy atom. The van der Waals surface area contributed by atoms with Crippen LogP contribution >= 0.6 is 0 Å². The van der Waals surface area contributed by atoms with Crippen molar-refractivity contribution < 1.29 is 4.74 Å². The molecule has 1 aromatic rings.